The Morgan fingerprint density at radius 3 is 2.29 bits per heavy atom. The maximum atomic E-state index is 13.7. The number of carbonyl (C=O) groups is 2. The number of rotatable bonds is 10. The van der Waals surface area contributed by atoms with Crippen molar-refractivity contribution in [3.8, 4) is 0 Å². The molecule has 4 rings (SSSR count). The Morgan fingerprint density at radius 1 is 0.952 bits per heavy atom. The fourth-order valence-electron chi connectivity index (χ4n) is 8.13. The Kier molecular flexibility index (Phi) is 11.8. The standard InChI is InChI=1S/C34H54O8/c1-8-22-12-10-9-11-20(4)30(36)28-17-26-24(27(28)18-29(35)41-22)14-13-21-15-23(16-25(21)26)42-34(37)33(40-7)32(39-6)31(38-5)19(2)3/h13-14,17,19-27,31-34,37H,8-12,15-16,18H2,1-7H3/t20-,21?,22+,23-,24-,25-,26?,27+,31?,32?,33?,34?/m1/s1. The third-order valence-corrected chi connectivity index (χ3v) is 10.4. The van der Waals surface area contributed by atoms with E-state index in [1.54, 1.807) is 21.3 Å². The van der Waals surface area contributed by atoms with E-state index < -0.39 is 18.5 Å². The Bertz CT molecular complexity index is 975. The molecular weight excluding hydrogens is 536 g/mol. The minimum Gasteiger partial charge on any atom is -0.462 e. The number of methoxy groups -OCH3 is 3. The van der Waals surface area contributed by atoms with E-state index in [0.29, 0.717) is 0 Å². The summed E-state index contributed by atoms with van der Waals surface area (Å²) >= 11 is 0. The van der Waals surface area contributed by atoms with Gasteiger partial charge in [0.05, 0.1) is 18.6 Å². The van der Waals surface area contributed by atoms with Gasteiger partial charge in [0.25, 0.3) is 0 Å². The van der Waals surface area contributed by atoms with Gasteiger partial charge in [-0.3, -0.25) is 9.59 Å². The molecule has 1 saturated carbocycles. The fourth-order valence-corrected chi connectivity index (χ4v) is 8.13. The van der Waals surface area contributed by atoms with Crippen molar-refractivity contribution in [2.75, 3.05) is 21.3 Å². The molecule has 3 aliphatic carbocycles. The molecule has 8 nitrogen and oxygen atoms in total. The van der Waals surface area contributed by atoms with Crippen molar-refractivity contribution in [2.45, 2.75) is 116 Å². The highest BCUT2D eigenvalue weighted by molar-refractivity contribution is 5.98. The molecule has 0 spiro atoms. The number of fused-ring (bicyclic) bond motifs is 5. The summed E-state index contributed by atoms with van der Waals surface area (Å²) < 4.78 is 29.2. The van der Waals surface area contributed by atoms with Crippen molar-refractivity contribution in [1.82, 2.24) is 0 Å². The van der Waals surface area contributed by atoms with E-state index in [-0.39, 0.29) is 77.9 Å². The highest BCUT2D eigenvalue weighted by Crippen LogP contribution is 2.54. The average Bonchev–Trinajstić information content (AvgIpc) is 3.54. The lowest BCUT2D eigenvalue weighted by Gasteiger charge is -2.36. The van der Waals surface area contributed by atoms with Gasteiger partial charge in [-0.1, -0.05) is 52.3 Å². The second-order valence-corrected chi connectivity index (χ2v) is 13.3. The number of Topliss-reactive ketones (excluding diaryl/α,β-unsaturated/α-hetero) is 1. The Balaban J connectivity index is 1.50. The molecule has 8 heteroatoms. The van der Waals surface area contributed by atoms with Crippen molar-refractivity contribution in [3.05, 3.63) is 23.8 Å². The third-order valence-electron chi connectivity index (χ3n) is 10.4. The van der Waals surface area contributed by atoms with Crippen LogP contribution in [0.4, 0.5) is 0 Å². The zero-order chi connectivity index (χ0) is 30.6. The summed E-state index contributed by atoms with van der Waals surface area (Å²) in [7, 11) is 4.78. The van der Waals surface area contributed by atoms with E-state index in [4.69, 9.17) is 23.7 Å². The summed E-state index contributed by atoms with van der Waals surface area (Å²) in [5.41, 5.74) is 0.819. The lowest BCUT2D eigenvalue weighted by Crippen LogP contribution is -2.50. The molecule has 0 aromatic rings. The van der Waals surface area contributed by atoms with Gasteiger partial charge >= 0.3 is 5.97 Å². The molecule has 0 amide bonds. The lowest BCUT2D eigenvalue weighted by atomic mass is 9.70. The number of aliphatic hydroxyl groups is 1. The minimum absolute atomic E-state index is 0.0497. The number of aliphatic hydroxyl groups excluding tert-OH is 1. The molecule has 238 valence electrons. The van der Waals surface area contributed by atoms with Crippen LogP contribution in [0.15, 0.2) is 23.8 Å². The molecule has 0 radical (unpaired) electrons. The maximum Gasteiger partial charge on any atom is 0.306 e. The van der Waals surface area contributed by atoms with Gasteiger partial charge in [-0.2, -0.15) is 0 Å². The number of cyclic esters (lactones) is 1. The van der Waals surface area contributed by atoms with Crippen molar-refractivity contribution in [2.24, 2.45) is 41.4 Å². The van der Waals surface area contributed by atoms with Crippen LogP contribution >= 0.6 is 0 Å². The Labute approximate surface area is 252 Å². The van der Waals surface area contributed by atoms with E-state index in [1.165, 1.54) is 0 Å². The molecule has 0 aromatic heterocycles. The topological polar surface area (TPSA) is 101 Å². The molecular formula is C34H54O8. The third kappa shape index (κ3) is 7.20. The summed E-state index contributed by atoms with van der Waals surface area (Å²) in [4.78, 5) is 26.8. The molecule has 1 heterocycles. The number of allylic oxidation sites excluding steroid dienone is 4. The zero-order valence-corrected chi connectivity index (χ0v) is 26.7. The predicted octanol–water partition coefficient (Wildman–Crippen LogP) is 5.27. The van der Waals surface area contributed by atoms with Crippen molar-refractivity contribution in [1.29, 1.82) is 0 Å². The van der Waals surface area contributed by atoms with E-state index in [0.717, 1.165) is 50.5 Å². The van der Waals surface area contributed by atoms with Crippen molar-refractivity contribution in [3.63, 3.8) is 0 Å². The van der Waals surface area contributed by atoms with Crippen molar-refractivity contribution < 1.29 is 38.4 Å². The van der Waals surface area contributed by atoms with Crippen LogP contribution in [0.3, 0.4) is 0 Å². The van der Waals surface area contributed by atoms with Crippen LogP contribution in [0, 0.1) is 41.4 Å². The summed E-state index contributed by atoms with van der Waals surface area (Å²) in [6.45, 7) is 8.19. The molecule has 0 aromatic carbocycles. The summed E-state index contributed by atoms with van der Waals surface area (Å²) in [6, 6.07) is 0. The molecule has 12 atom stereocenters. The Morgan fingerprint density at radius 2 is 1.64 bits per heavy atom. The van der Waals surface area contributed by atoms with E-state index in [1.807, 2.05) is 20.8 Å². The van der Waals surface area contributed by atoms with Crippen LogP contribution in [-0.4, -0.2) is 75.0 Å². The second kappa shape index (κ2) is 14.9. The van der Waals surface area contributed by atoms with Crippen LogP contribution < -0.4 is 0 Å². The van der Waals surface area contributed by atoms with Gasteiger partial charge in [-0.25, -0.2) is 0 Å². The lowest BCUT2D eigenvalue weighted by molar-refractivity contribution is -0.236. The van der Waals surface area contributed by atoms with E-state index >= 15 is 0 Å². The van der Waals surface area contributed by atoms with Crippen molar-refractivity contribution >= 4 is 11.8 Å². The molecule has 4 aliphatic rings. The first-order chi connectivity index (χ1) is 20.1. The van der Waals surface area contributed by atoms with Gasteiger partial charge in [0.2, 0.25) is 0 Å². The highest BCUT2D eigenvalue weighted by Gasteiger charge is 2.50. The van der Waals surface area contributed by atoms with Crippen LogP contribution in [0.1, 0.15) is 79.1 Å². The molecule has 42 heavy (non-hydrogen) atoms. The first-order valence-electron chi connectivity index (χ1n) is 16.2. The Hall–Kier alpha value is -1.58. The number of carbonyl (C=O) groups excluding carboxylic acids is 2. The summed E-state index contributed by atoms with van der Waals surface area (Å²) in [5, 5.41) is 11.2. The second-order valence-electron chi connectivity index (χ2n) is 13.3. The SMILES string of the molecule is CC[C@H]1CCCC[C@@H](C)C(=O)C2=CC3[C@@H]4C[C@H](OC(O)C(OC)C(OC)C(OC)C(C)C)CC4C=C[C@H]3[C@@H]2CC(=O)O1. The largest absolute Gasteiger partial charge is 0.462 e. The first-order valence-corrected chi connectivity index (χ1v) is 16.2. The number of ketones is 1. The van der Waals surface area contributed by atoms with Crippen LogP contribution in [0.2, 0.25) is 0 Å². The van der Waals surface area contributed by atoms with Gasteiger partial charge in [0.1, 0.15) is 18.3 Å². The molecule has 6 unspecified atom stereocenters. The molecule has 1 saturated heterocycles. The van der Waals surface area contributed by atoms with Gasteiger partial charge in [-0.05, 0) is 73.7 Å². The molecule has 1 aliphatic heterocycles. The monoisotopic (exact) mass is 590 g/mol. The number of ether oxygens (including phenoxy) is 5. The predicted molar refractivity (Wildman–Crippen MR) is 159 cm³/mol. The first kappa shape index (κ1) is 33.3. The van der Waals surface area contributed by atoms with E-state index in [9.17, 15) is 14.7 Å². The summed E-state index contributed by atoms with van der Waals surface area (Å²) in [6.07, 6.45) is 10.1. The minimum atomic E-state index is -1.18. The van der Waals surface area contributed by atoms with Gasteiger partial charge in [0.15, 0.2) is 12.1 Å². The van der Waals surface area contributed by atoms with Crippen LogP contribution in [-0.2, 0) is 33.3 Å². The average molecular weight is 591 g/mol. The van der Waals surface area contributed by atoms with E-state index in [2.05, 4.69) is 25.2 Å². The molecule has 1 N–H and O–H groups in total. The van der Waals surface area contributed by atoms with Gasteiger partial charge in [-0.15, -0.1) is 0 Å². The number of esters is 1. The van der Waals surface area contributed by atoms with Gasteiger partial charge in [0, 0.05) is 33.2 Å². The highest BCUT2D eigenvalue weighted by atomic mass is 16.6. The maximum absolute atomic E-state index is 13.7. The van der Waals surface area contributed by atoms with Gasteiger partial charge < -0.3 is 28.8 Å². The number of hydrogen-bond donors (Lipinski definition) is 1. The molecule has 0 bridgehead atoms. The fraction of sp³-hybridized carbons (Fsp3) is 0.824. The number of hydrogen-bond acceptors (Lipinski definition) is 8. The normalized spacial score (nSPS) is 36.5. The smallest absolute Gasteiger partial charge is 0.306 e. The zero-order valence-electron chi connectivity index (χ0n) is 26.7. The van der Waals surface area contributed by atoms with Crippen LogP contribution in [0.25, 0.3) is 0 Å². The molecule has 2 fully saturated rings. The van der Waals surface area contributed by atoms with Crippen LogP contribution in [0.5, 0.6) is 0 Å². The quantitative estimate of drug-likeness (QED) is 0.209. The summed E-state index contributed by atoms with van der Waals surface area (Å²) in [5.74, 6) is 0.758.